The van der Waals surface area contributed by atoms with Crippen LogP contribution in [0.15, 0.2) is 36.4 Å². The Labute approximate surface area is 123 Å². The molecule has 4 heteroatoms. The Balaban J connectivity index is 2.31. The minimum Gasteiger partial charge on any atom is -0.389 e. The van der Waals surface area contributed by atoms with E-state index in [4.69, 9.17) is 0 Å². The van der Waals surface area contributed by atoms with E-state index in [0.29, 0.717) is 17.7 Å². The van der Waals surface area contributed by atoms with Gasteiger partial charge in [0.15, 0.2) is 0 Å². The standard InChI is InChI=1S/C17H19F2NO/c1-11-8-17(15(12(2)21)9-16(11)19)20(3)10-13-4-6-14(18)7-5-13/h4-9,12,21H,10H2,1-3H3/t12-/m1/s1. The molecule has 0 aromatic heterocycles. The molecule has 21 heavy (non-hydrogen) atoms. The van der Waals surface area contributed by atoms with Gasteiger partial charge in [-0.05, 0) is 49.2 Å². The van der Waals surface area contributed by atoms with E-state index >= 15 is 0 Å². The van der Waals surface area contributed by atoms with Gasteiger partial charge in [0, 0.05) is 24.8 Å². The van der Waals surface area contributed by atoms with Crippen molar-refractivity contribution >= 4 is 5.69 Å². The first-order valence-corrected chi connectivity index (χ1v) is 6.82. The van der Waals surface area contributed by atoms with Crippen LogP contribution in [0.2, 0.25) is 0 Å². The quantitative estimate of drug-likeness (QED) is 0.921. The third-order valence-electron chi connectivity index (χ3n) is 3.50. The monoisotopic (exact) mass is 291 g/mol. The van der Waals surface area contributed by atoms with Crippen LogP contribution in [0.4, 0.5) is 14.5 Å². The summed E-state index contributed by atoms with van der Waals surface area (Å²) in [6.45, 7) is 3.85. The van der Waals surface area contributed by atoms with Gasteiger partial charge in [-0.3, -0.25) is 0 Å². The molecule has 0 heterocycles. The number of aryl methyl sites for hydroxylation is 1. The maximum atomic E-state index is 13.7. The molecule has 0 saturated carbocycles. The predicted molar refractivity (Wildman–Crippen MR) is 80.3 cm³/mol. The number of anilines is 1. The second-order valence-electron chi connectivity index (χ2n) is 5.32. The smallest absolute Gasteiger partial charge is 0.126 e. The molecule has 0 radical (unpaired) electrons. The maximum absolute atomic E-state index is 13.7. The molecule has 0 aliphatic heterocycles. The lowest BCUT2D eigenvalue weighted by molar-refractivity contribution is 0.199. The molecule has 1 N–H and O–H groups in total. The molecular weight excluding hydrogens is 272 g/mol. The summed E-state index contributed by atoms with van der Waals surface area (Å²) < 4.78 is 26.6. The van der Waals surface area contributed by atoms with E-state index in [1.54, 1.807) is 32.0 Å². The van der Waals surface area contributed by atoms with Crippen LogP contribution in [-0.2, 0) is 6.54 Å². The Bertz CT molecular complexity index is 623. The van der Waals surface area contributed by atoms with Gasteiger partial charge in [0.05, 0.1) is 6.10 Å². The Morgan fingerprint density at radius 2 is 1.76 bits per heavy atom. The van der Waals surface area contributed by atoms with Crippen molar-refractivity contribution in [1.29, 1.82) is 0 Å². The summed E-state index contributed by atoms with van der Waals surface area (Å²) in [5.41, 5.74) is 2.79. The number of hydrogen-bond donors (Lipinski definition) is 1. The van der Waals surface area contributed by atoms with Crippen LogP contribution in [0.3, 0.4) is 0 Å². The topological polar surface area (TPSA) is 23.5 Å². The van der Waals surface area contributed by atoms with Crippen molar-refractivity contribution in [3.05, 3.63) is 64.7 Å². The van der Waals surface area contributed by atoms with Crippen molar-refractivity contribution in [3.63, 3.8) is 0 Å². The molecular formula is C17H19F2NO. The Morgan fingerprint density at radius 1 is 1.14 bits per heavy atom. The van der Waals surface area contributed by atoms with E-state index in [1.165, 1.54) is 18.2 Å². The molecule has 2 nitrogen and oxygen atoms in total. The van der Waals surface area contributed by atoms with Crippen LogP contribution < -0.4 is 4.90 Å². The van der Waals surface area contributed by atoms with E-state index in [0.717, 1.165) is 11.3 Å². The minimum atomic E-state index is -0.759. The average molecular weight is 291 g/mol. The highest BCUT2D eigenvalue weighted by atomic mass is 19.1. The molecule has 1 atom stereocenters. The Morgan fingerprint density at radius 3 is 2.33 bits per heavy atom. The fourth-order valence-electron chi connectivity index (χ4n) is 2.30. The summed E-state index contributed by atoms with van der Waals surface area (Å²) in [5.74, 6) is -0.603. The fourth-order valence-corrected chi connectivity index (χ4v) is 2.30. The van der Waals surface area contributed by atoms with Gasteiger partial charge < -0.3 is 10.0 Å². The summed E-state index contributed by atoms with van der Waals surface area (Å²) in [6.07, 6.45) is -0.759. The van der Waals surface area contributed by atoms with Gasteiger partial charge in [0.1, 0.15) is 11.6 Å². The first-order valence-electron chi connectivity index (χ1n) is 6.82. The highest BCUT2D eigenvalue weighted by molar-refractivity contribution is 5.56. The maximum Gasteiger partial charge on any atom is 0.126 e. The number of benzene rings is 2. The molecule has 112 valence electrons. The molecule has 0 unspecified atom stereocenters. The van der Waals surface area contributed by atoms with E-state index in [-0.39, 0.29) is 11.6 Å². The lowest BCUT2D eigenvalue weighted by Gasteiger charge is -2.24. The SMILES string of the molecule is Cc1cc(N(C)Cc2ccc(F)cc2)c([C@@H](C)O)cc1F. The molecule has 0 aliphatic carbocycles. The van der Waals surface area contributed by atoms with Crippen LogP contribution in [-0.4, -0.2) is 12.2 Å². The second-order valence-corrected chi connectivity index (χ2v) is 5.32. The van der Waals surface area contributed by atoms with Crippen LogP contribution in [0, 0.1) is 18.6 Å². The number of hydrogen-bond acceptors (Lipinski definition) is 2. The number of halogens is 2. The fraction of sp³-hybridized carbons (Fsp3) is 0.294. The van der Waals surface area contributed by atoms with E-state index < -0.39 is 6.10 Å². The number of aliphatic hydroxyl groups excluding tert-OH is 1. The Hall–Kier alpha value is -1.94. The van der Waals surface area contributed by atoms with E-state index in [1.807, 2.05) is 11.9 Å². The lowest BCUT2D eigenvalue weighted by atomic mass is 10.0. The molecule has 2 aromatic carbocycles. The highest BCUT2D eigenvalue weighted by Gasteiger charge is 2.15. The molecule has 0 amide bonds. The molecule has 2 aromatic rings. The minimum absolute atomic E-state index is 0.274. The van der Waals surface area contributed by atoms with Gasteiger partial charge in [-0.25, -0.2) is 8.78 Å². The van der Waals surface area contributed by atoms with Gasteiger partial charge in [-0.2, -0.15) is 0 Å². The van der Waals surface area contributed by atoms with Crippen molar-refractivity contribution < 1.29 is 13.9 Å². The zero-order valence-electron chi connectivity index (χ0n) is 12.4. The molecule has 2 rings (SSSR count). The number of rotatable bonds is 4. The third kappa shape index (κ3) is 3.58. The molecule has 0 spiro atoms. The highest BCUT2D eigenvalue weighted by Crippen LogP contribution is 2.29. The predicted octanol–water partition coefficient (Wildman–Crippen LogP) is 3.96. The first-order chi connectivity index (χ1) is 9.88. The summed E-state index contributed by atoms with van der Waals surface area (Å²) in [4.78, 5) is 1.92. The largest absolute Gasteiger partial charge is 0.389 e. The normalized spacial score (nSPS) is 12.3. The summed E-state index contributed by atoms with van der Waals surface area (Å²) in [6, 6.07) is 9.34. The number of nitrogens with zero attached hydrogens (tertiary/aromatic N) is 1. The van der Waals surface area contributed by atoms with Crippen LogP contribution >= 0.6 is 0 Å². The van der Waals surface area contributed by atoms with Gasteiger partial charge in [0.25, 0.3) is 0 Å². The van der Waals surface area contributed by atoms with Crippen molar-refractivity contribution in [2.24, 2.45) is 0 Å². The van der Waals surface area contributed by atoms with Crippen molar-refractivity contribution in [2.75, 3.05) is 11.9 Å². The van der Waals surface area contributed by atoms with Crippen LogP contribution in [0.25, 0.3) is 0 Å². The molecule has 0 bridgehead atoms. The Kier molecular flexibility index (Phi) is 4.58. The van der Waals surface area contributed by atoms with Gasteiger partial charge in [0.2, 0.25) is 0 Å². The van der Waals surface area contributed by atoms with Gasteiger partial charge >= 0.3 is 0 Å². The lowest BCUT2D eigenvalue weighted by Crippen LogP contribution is -2.19. The third-order valence-corrected chi connectivity index (χ3v) is 3.50. The van der Waals surface area contributed by atoms with E-state index in [2.05, 4.69) is 0 Å². The first kappa shape index (κ1) is 15.4. The van der Waals surface area contributed by atoms with Crippen molar-refractivity contribution in [1.82, 2.24) is 0 Å². The van der Waals surface area contributed by atoms with Crippen molar-refractivity contribution in [2.45, 2.75) is 26.5 Å². The zero-order chi connectivity index (χ0) is 15.6. The summed E-state index contributed by atoms with van der Waals surface area (Å²) >= 11 is 0. The molecule has 0 saturated heterocycles. The number of aliphatic hydroxyl groups is 1. The van der Waals surface area contributed by atoms with Gasteiger partial charge in [-0.15, -0.1) is 0 Å². The second kappa shape index (κ2) is 6.22. The van der Waals surface area contributed by atoms with Gasteiger partial charge in [-0.1, -0.05) is 12.1 Å². The molecule has 0 aliphatic rings. The summed E-state index contributed by atoms with van der Waals surface area (Å²) in [7, 11) is 1.86. The van der Waals surface area contributed by atoms with Crippen LogP contribution in [0.5, 0.6) is 0 Å². The zero-order valence-corrected chi connectivity index (χ0v) is 12.4. The summed E-state index contributed by atoms with van der Waals surface area (Å²) in [5, 5.41) is 9.83. The average Bonchev–Trinajstić information content (AvgIpc) is 2.43. The van der Waals surface area contributed by atoms with E-state index in [9.17, 15) is 13.9 Å². The molecule has 0 fully saturated rings. The van der Waals surface area contributed by atoms with Crippen LogP contribution in [0.1, 0.15) is 29.7 Å². The van der Waals surface area contributed by atoms with Crippen molar-refractivity contribution in [3.8, 4) is 0 Å².